The first-order valence-corrected chi connectivity index (χ1v) is 18.3. The summed E-state index contributed by atoms with van der Waals surface area (Å²) in [6.45, 7) is 18.7. The van der Waals surface area contributed by atoms with Crippen LogP contribution in [0.1, 0.15) is 154 Å². The molecule has 0 aliphatic heterocycles. The van der Waals surface area contributed by atoms with Crippen LogP contribution in [-0.4, -0.2) is 6.10 Å². The van der Waals surface area contributed by atoms with Crippen LogP contribution in [0.5, 0.6) is 5.75 Å². The monoisotopic (exact) mass is 609 g/mol. The summed E-state index contributed by atoms with van der Waals surface area (Å²) in [5, 5.41) is 0. The van der Waals surface area contributed by atoms with Gasteiger partial charge in [0.15, 0.2) is 0 Å². The summed E-state index contributed by atoms with van der Waals surface area (Å²) in [5.74, 6) is 2.74. The van der Waals surface area contributed by atoms with Crippen molar-refractivity contribution in [1.82, 2.24) is 0 Å². The van der Waals surface area contributed by atoms with Crippen molar-refractivity contribution in [2.75, 3.05) is 0 Å². The Morgan fingerprint density at radius 3 is 1.58 bits per heavy atom. The molecule has 4 rings (SSSR count). The van der Waals surface area contributed by atoms with Gasteiger partial charge in [-0.05, 0) is 0 Å². The summed E-state index contributed by atoms with van der Waals surface area (Å²) < 4.78 is 10.2. The molecule has 0 radical (unpaired) electrons. The van der Waals surface area contributed by atoms with Crippen LogP contribution in [-0.2, 0) is 16.8 Å². The molecule has 0 aromatic heterocycles. The van der Waals surface area contributed by atoms with E-state index < -0.39 is 16.8 Å². The molecular formula is C36H55OPd. The van der Waals surface area contributed by atoms with E-state index in [1.807, 2.05) is 0 Å². The number of ether oxygens (including phenoxy) is 1. The van der Waals surface area contributed by atoms with Gasteiger partial charge in [0, 0.05) is 0 Å². The number of benzene rings is 2. The van der Waals surface area contributed by atoms with Crippen molar-refractivity contribution in [2.45, 2.75) is 152 Å². The summed E-state index contributed by atoms with van der Waals surface area (Å²) in [7, 11) is 0. The second kappa shape index (κ2) is 13.5. The van der Waals surface area contributed by atoms with Crippen molar-refractivity contribution in [3.05, 3.63) is 47.0 Å². The van der Waals surface area contributed by atoms with Gasteiger partial charge < -0.3 is 0 Å². The van der Waals surface area contributed by atoms with E-state index in [4.69, 9.17) is 4.74 Å². The van der Waals surface area contributed by atoms with Crippen LogP contribution in [0.2, 0.25) is 8.78 Å². The van der Waals surface area contributed by atoms with Gasteiger partial charge in [0.2, 0.25) is 0 Å². The molecule has 2 aromatic carbocycles. The van der Waals surface area contributed by atoms with Gasteiger partial charge >= 0.3 is 242 Å². The van der Waals surface area contributed by atoms with E-state index in [1.54, 1.807) is 20.7 Å². The number of rotatable bonds is 9. The first-order chi connectivity index (χ1) is 18.2. The van der Waals surface area contributed by atoms with Gasteiger partial charge in [-0.2, -0.15) is 0 Å². The molecule has 215 valence electrons. The second-order valence-electron chi connectivity index (χ2n) is 12.9. The Hall–Kier alpha value is -1.10. The zero-order valence-electron chi connectivity index (χ0n) is 25.6. The molecule has 0 N–H and O–H groups in total. The van der Waals surface area contributed by atoms with Crippen molar-refractivity contribution in [3.8, 4) is 16.9 Å². The summed E-state index contributed by atoms with van der Waals surface area (Å²) in [4.78, 5) is 0. The number of hydrogen-bond acceptors (Lipinski definition) is 1. The molecule has 2 fully saturated rings. The molecule has 0 amide bonds. The fourth-order valence-corrected chi connectivity index (χ4v) is 13.4. The fraction of sp³-hybridized carbons (Fsp3) is 0.667. The topological polar surface area (TPSA) is 9.23 Å². The van der Waals surface area contributed by atoms with Crippen LogP contribution in [0.25, 0.3) is 11.1 Å². The summed E-state index contributed by atoms with van der Waals surface area (Å²) >= 11 is -1.02. The molecule has 0 bridgehead atoms. The van der Waals surface area contributed by atoms with Gasteiger partial charge in [0.25, 0.3) is 0 Å². The minimum absolute atomic E-state index is 0.199. The molecule has 0 unspecified atom stereocenters. The molecule has 2 aromatic rings. The van der Waals surface area contributed by atoms with Crippen molar-refractivity contribution in [1.29, 1.82) is 0 Å². The average molecular weight is 610 g/mol. The van der Waals surface area contributed by atoms with Gasteiger partial charge in [0.05, 0.1) is 0 Å². The van der Waals surface area contributed by atoms with Crippen LogP contribution in [0.3, 0.4) is 0 Å². The predicted octanol–water partition coefficient (Wildman–Crippen LogP) is 11.3. The first-order valence-electron chi connectivity index (χ1n) is 15.7. The maximum absolute atomic E-state index is 6.76. The van der Waals surface area contributed by atoms with Gasteiger partial charge in [0.1, 0.15) is 0 Å². The van der Waals surface area contributed by atoms with E-state index >= 15 is 0 Å². The van der Waals surface area contributed by atoms with E-state index in [0.29, 0.717) is 17.8 Å². The molecule has 2 heteroatoms. The van der Waals surface area contributed by atoms with Crippen molar-refractivity contribution in [2.24, 2.45) is 0 Å². The first kappa shape index (κ1) is 29.9. The van der Waals surface area contributed by atoms with E-state index in [1.165, 1.54) is 81.1 Å². The Balaban J connectivity index is 2.03. The molecule has 2 aliphatic rings. The van der Waals surface area contributed by atoms with Crippen molar-refractivity contribution < 1.29 is 21.5 Å². The van der Waals surface area contributed by atoms with E-state index in [2.05, 4.69) is 85.7 Å². The van der Waals surface area contributed by atoms with Crippen LogP contribution in [0.4, 0.5) is 0 Å². The quantitative estimate of drug-likeness (QED) is 0.257. The predicted molar refractivity (Wildman–Crippen MR) is 163 cm³/mol. The third-order valence-corrected chi connectivity index (χ3v) is 14.7. The Bertz CT molecular complexity index is 990. The molecule has 1 nitrogen and oxygen atoms in total. The van der Waals surface area contributed by atoms with Crippen LogP contribution < -0.4 is 8.77 Å². The average Bonchev–Trinajstić information content (AvgIpc) is 2.89. The molecule has 0 atom stereocenters. The van der Waals surface area contributed by atoms with E-state index in [-0.39, 0.29) is 6.10 Å². The molecule has 0 heterocycles. The van der Waals surface area contributed by atoms with Crippen molar-refractivity contribution in [3.63, 3.8) is 0 Å². The van der Waals surface area contributed by atoms with E-state index in [0.717, 1.165) is 8.78 Å². The third kappa shape index (κ3) is 6.78. The standard InChI is InChI=1S/C24H33O.2C6H11.Pd/c1-15(2)20-13-22(16(3)4)24(23(14-20)17(5)6)19-10-9-11-21(12-19)25-18(7)8;2*1-2-4-6-5-3-1;/h9-11,13-18H,1-8H3;2*1H,2-6H2;. The fourth-order valence-electron chi connectivity index (χ4n) is 6.40. The van der Waals surface area contributed by atoms with Crippen LogP contribution in [0, 0.1) is 0 Å². The third-order valence-electron chi connectivity index (χ3n) is 8.43. The molecular weight excluding hydrogens is 555 g/mol. The zero-order chi connectivity index (χ0) is 27.4. The SMILES string of the molecule is CC(C)Oc1cccc(-c2c(C(C)C)cc(C(C)C)cc2C(C)C)[c]1[Pd]([CH]1CCCCC1)[CH]1CCCCC1. The summed E-state index contributed by atoms with van der Waals surface area (Å²) in [5.41, 5.74) is 7.64. The summed E-state index contributed by atoms with van der Waals surface area (Å²) in [6, 6.07) is 12.2. The number of hydrogen-bond donors (Lipinski definition) is 0. The Labute approximate surface area is 240 Å². The molecule has 2 saturated carbocycles. The van der Waals surface area contributed by atoms with Gasteiger partial charge in [-0.25, -0.2) is 0 Å². The molecule has 0 saturated heterocycles. The maximum atomic E-state index is 6.76. The Morgan fingerprint density at radius 2 is 1.16 bits per heavy atom. The normalized spacial score (nSPS) is 18.2. The van der Waals surface area contributed by atoms with E-state index in [9.17, 15) is 0 Å². The molecule has 38 heavy (non-hydrogen) atoms. The van der Waals surface area contributed by atoms with Gasteiger partial charge in [-0.3, -0.25) is 0 Å². The Kier molecular flexibility index (Phi) is 10.6. The summed E-state index contributed by atoms with van der Waals surface area (Å²) in [6.07, 6.45) is 14.5. The molecule has 0 spiro atoms. The second-order valence-corrected chi connectivity index (χ2v) is 17.7. The van der Waals surface area contributed by atoms with Gasteiger partial charge in [-0.1, -0.05) is 0 Å². The Morgan fingerprint density at radius 1 is 0.658 bits per heavy atom. The van der Waals surface area contributed by atoms with Crippen LogP contribution in [0.15, 0.2) is 30.3 Å². The minimum atomic E-state index is -1.02. The molecule has 2 aliphatic carbocycles. The van der Waals surface area contributed by atoms with Gasteiger partial charge in [-0.15, -0.1) is 0 Å². The van der Waals surface area contributed by atoms with Crippen LogP contribution >= 0.6 is 0 Å². The van der Waals surface area contributed by atoms with Crippen molar-refractivity contribution >= 4 is 4.04 Å². The zero-order valence-corrected chi connectivity index (χ0v) is 27.2.